The lowest BCUT2D eigenvalue weighted by Gasteiger charge is -2.20. The monoisotopic (exact) mass is 514 g/mol. The summed E-state index contributed by atoms with van der Waals surface area (Å²) in [6.45, 7) is 7.14. The molecule has 2 N–H and O–H groups in total. The third-order valence-electron chi connectivity index (χ3n) is 6.40. The smallest absolute Gasteiger partial charge is 0.339 e. The van der Waals surface area contributed by atoms with Crippen LogP contribution in [0.15, 0.2) is 72.9 Å². The van der Waals surface area contributed by atoms with Crippen LogP contribution in [0.2, 0.25) is 0 Å². The number of aromatic carboxylic acids is 2. The second kappa shape index (κ2) is 11.0. The minimum Gasteiger partial charge on any atom is -0.478 e. The number of carbonyl (C=O) groups is 2. The molecule has 6 nitrogen and oxygen atoms in total. The van der Waals surface area contributed by atoms with Gasteiger partial charge in [-0.3, -0.25) is 0 Å². The van der Waals surface area contributed by atoms with Crippen LogP contribution in [-0.2, 0) is 25.8 Å². The normalized spacial score (nSPS) is 11.5. The number of halogens is 1. The van der Waals surface area contributed by atoms with Crippen molar-refractivity contribution in [3.63, 3.8) is 0 Å². The van der Waals surface area contributed by atoms with Crippen molar-refractivity contribution in [2.75, 3.05) is 0 Å². The quantitative estimate of drug-likeness (QED) is 0.266. The van der Waals surface area contributed by atoms with Gasteiger partial charge in [-0.1, -0.05) is 69.3 Å². The van der Waals surface area contributed by atoms with Gasteiger partial charge in [-0.2, -0.15) is 0 Å². The van der Waals surface area contributed by atoms with Crippen molar-refractivity contribution >= 4 is 11.9 Å². The number of hydrogen-bond donors (Lipinski definition) is 2. The highest BCUT2D eigenvalue weighted by Crippen LogP contribution is 2.27. The van der Waals surface area contributed by atoms with Gasteiger partial charge in [0.15, 0.2) is 0 Å². The highest BCUT2D eigenvalue weighted by molar-refractivity contribution is 5.96. The van der Waals surface area contributed by atoms with Crippen LogP contribution < -0.4 is 0 Å². The summed E-state index contributed by atoms with van der Waals surface area (Å²) in [5.74, 6) is -2.06. The standard InChI is InChI=1S/C31H31FN2O4/c1-31(2,3)17-24-18-33-27(34(24)19-21-9-14-23(15-10-21)29(35)36)16-11-20-7-12-22(13-8-20)25-5-4-6-26(32)28(25)30(37)38/h4-10,12-15,18H,11,16-17,19H2,1-3H3,(H,35,36)(H,37,38). The van der Waals surface area contributed by atoms with Crippen molar-refractivity contribution in [1.29, 1.82) is 0 Å². The zero-order valence-electron chi connectivity index (χ0n) is 21.7. The van der Waals surface area contributed by atoms with Gasteiger partial charge in [0.05, 0.1) is 5.56 Å². The zero-order chi connectivity index (χ0) is 27.4. The second-order valence-corrected chi connectivity index (χ2v) is 10.7. The number of hydrogen-bond acceptors (Lipinski definition) is 3. The number of rotatable bonds is 9. The van der Waals surface area contributed by atoms with E-state index in [1.54, 1.807) is 18.2 Å². The summed E-state index contributed by atoms with van der Waals surface area (Å²) in [5, 5.41) is 18.6. The summed E-state index contributed by atoms with van der Waals surface area (Å²) in [6, 6.07) is 18.7. The molecule has 0 atom stereocenters. The first-order valence-electron chi connectivity index (χ1n) is 12.5. The molecule has 0 aliphatic carbocycles. The Morgan fingerprint density at radius 3 is 2.13 bits per heavy atom. The largest absolute Gasteiger partial charge is 0.478 e. The van der Waals surface area contributed by atoms with Crippen LogP contribution in [0.1, 0.15) is 64.1 Å². The number of benzene rings is 3. The highest BCUT2D eigenvalue weighted by atomic mass is 19.1. The Labute approximate surface area is 221 Å². The predicted molar refractivity (Wildman–Crippen MR) is 144 cm³/mol. The van der Waals surface area contributed by atoms with Crippen LogP contribution in [0, 0.1) is 11.2 Å². The minimum absolute atomic E-state index is 0.0732. The van der Waals surface area contributed by atoms with Crippen molar-refractivity contribution < 1.29 is 24.2 Å². The fourth-order valence-electron chi connectivity index (χ4n) is 4.56. The number of aryl methyl sites for hydroxylation is 2. The molecule has 0 fully saturated rings. The molecule has 0 saturated carbocycles. The molecule has 0 aliphatic heterocycles. The number of nitrogens with zero attached hydrogens (tertiary/aromatic N) is 2. The van der Waals surface area contributed by atoms with E-state index in [-0.39, 0.29) is 16.5 Å². The van der Waals surface area contributed by atoms with Crippen molar-refractivity contribution in [2.45, 2.75) is 46.6 Å². The molecule has 1 heterocycles. The fraction of sp³-hybridized carbons (Fsp3) is 0.258. The third-order valence-corrected chi connectivity index (χ3v) is 6.40. The first kappa shape index (κ1) is 26.8. The van der Waals surface area contributed by atoms with E-state index >= 15 is 0 Å². The van der Waals surface area contributed by atoms with Gasteiger partial charge >= 0.3 is 11.9 Å². The third kappa shape index (κ3) is 6.35. The van der Waals surface area contributed by atoms with Crippen LogP contribution in [0.5, 0.6) is 0 Å². The molecule has 7 heteroatoms. The summed E-state index contributed by atoms with van der Waals surface area (Å²) in [4.78, 5) is 27.5. The van der Waals surface area contributed by atoms with Crippen molar-refractivity contribution in [2.24, 2.45) is 5.41 Å². The van der Waals surface area contributed by atoms with Gasteiger partial charge < -0.3 is 14.8 Å². The second-order valence-electron chi connectivity index (χ2n) is 10.7. The topological polar surface area (TPSA) is 92.4 Å². The van der Waals surface area contributed by atoms with E-state index < -0.39 is 17.8 Å². The summed E-state index contributed by atoms with van der Waals surface area (Å²) >= 11 is 0. The van der Waals surface area contributed by atoms with Crippen molar-refractivity contribution in [3.05, 3.63) is 113 Å². The van der Waals surface area contributed by atoms with E-state index in [0.717, 1.165) is 41.6 Å². The van der Waals surface area contributed by atoms with E-state index in [0.29, 0.717) is 24.1 Å². The van der Waals surface area contributed by atoms with Crippen molar-refractivity contribution in [3.8, 4) is 11.1 Å². The Morgan fingerprint density at radius 2 is 1.53 bits per heavy atom. The Bertz CT molecular complexity index is 1450. The minimum atomic E-state index is -1.29. The van der Waals surface area contributed by atoms with E-state index in [1.807, 2.05) is 42.6 Å². The molecule has 0 bridgehead atoms. The molecule has 0 radical (unpaired) electrons. The van der Waals surface area contributed by atoms with Crippen molar-refractivity contribution in [1.82, 2.24) is 9.55 Å². The maximum atomic E-state index is 14.1. The highest BCUT2D eigenvalue weighted by Gasteiger charge is 2.19. The molecular weight excluding hydrogens is 483 g/mol. The van der Waals surface area contributed by atoms with Gasteiger partial charge in [-0.05, 0) is 58.7 Å². The van der Waals surface area contributed by atoms with Gasteiger partial charge in [0.1, 0.15) is 17.2 Å². The zero-order valence-corrected chi connectivity index (χ0v) is 21.7. The molecule has 0 aliphatic rings. The van der Waals surface area contributed by atoms with Gasteiger partial charge in [-0.15, -0.1) is 0 Å². The first-order valence-corrected chi connectivity index (χ1v) is 12.5. The van der Waals surface area contributed by atoms with Crippen LogP contribution in [0.25, 0.3) is 11.1 Å². The summed E-state index contributed by atoms with van der Waals surface area (Å²) in [6.07, 6.45) is 4.18. The van der Waals surface area contributed by atoms with Gasteiger partial charge in [0.25, 0.3) is 0 Å². The molecule has 0 spiro atoms. The van der Waals surface area contributed by atoms with Gasteiger partial charge in [0.2, 0.25) is 0 Å². The van der Waals surface area contributed by atoms with Crippen LogP contribution in [0.4, 0.5) is 4.39 Å². The summed E-state index contributed by atoms with van der Waals surface area (Å²) in [7, 11) is 0. The molecule has 3 aromatic carbocycles. The van der Waals surface area contributed by atoms with Crippen LogP contribution in [-0.4, -0.2) is 31.7 Å². The van der Waals surface area contributed by atoms with Crippen LogP contribution >= 0.6 is 0 Å². The Hall–Kier alpha value is -4.26. The molecule has 0 saturated heterocycles. The van der Waals surface area contributed by atoms with E-state index in [4.69, 9.17) is 4.98 Å². The Balaban J connectivity index is 1.55. The SMILES string of the molecule is CC(C)(C)Cc1cnc(CCc2ccc(-c3cccc(F)c3C(=O)O)cc2)n1Cc1ccc(C(=O)O)cc1. The maximum absolute atomic E-state index is 14.1. The average molecular weight is 515 g/mol. The fourth-order valence-corrected chi connectivity index (χ4v) is 4.56. The Kier molecular flexibility index (Phi) is 7.76. The van der Waals surface area contributed by atoms with E-state index in [1.165, 1.54) is 6.07 Å². The first-order chi connectivity index (χ1) is 18.0. The Morgan fingerprint density at radius 1 is 0.868 bits per heavy atom. The lowest BCUT2D eigenvalue weighted by Crippen LogP contribution is -2.16. The molecule has 38 heavy (non-hydrogen) atoms. The molecule has 0 unspecified atom stereocenters. The predicted octanol–water partition coefficient (Wildman–Crippen LogP) is 6.51. The average Bonchev–Trinajstić information content (AvgIpc) is 3.22. The molecule has 4 rings (SSSR count). The molecule has 1 aromatic heterocycles. The number of imidazole rings is 1. The van der Waals surface area contributed by atoms with Gasteiger partial charge in [0, 0.05) is 24.9 Å². The number of aromatic nitrogens is 2. The molecule has 4 aromatic rings. The molecule has 196 valence electrons. The van der Waals surface area contributed by atoms with Gasteiger partial charge in [-0.25, -0.2) is 19.0 Å². The number of carboxylic acid groups (broad SMARTS) is 2. The lowest BCUT2D eigenvalue weighted by molar-refractivity contribution is 0.0683. The number of carboxylic acids is 2. The van der Waals surface area contributed by atoms with E-state index in [2.05, 4.69) is 25.3 Å². The molecule has 0 amide bonds. The van der Waals surface area contributed by atoms with Crippen LogP contribution in [0.3, 0.4) is 0 Å². The maximum Gasteiger partial charge on any atom is 0.339 e. The summed E-state index contributed by atoms with van der Waals surface area (Å²) < 4.78 is 16.3. The summed E-state index contributed by atoms with van der Waals surface area (Å²) in [5.41, 5.74) is 4.17. The van der Waals surface area contributed by atoms with E-state index in [9.17, 15) is 24.2 Å². The lowest BCUT2D eigenvalue weighted by atomic mass is 9.90. The molecular formula is C31H31FN2O4.